The fourth-order valence-corrected chi connectivity index (χ4v) is 5.59. The molecule has 0 saturated heterocycles. The van der Waals surface area contributed by atoms with Crippen LogP contribution in [0.3, 0.4) is 0 Å². The average molecular weight is 607 g/mol. The van der Waals surface area contributed by atoms with Crippen molar-refractivity contribution in [1.82, 2.24) is 5.32 Å². The first-order valence-corrected chi connectivity index (χ1v) is 15.3. The Morgan fingerprint density at radius 1 is 0.795 bits per heavy atom. The van der Waals surface area contributed by atoms with Crippen LogP contribution in [-0.2, 0) is 9.59 Å². The van der Waals surface area contributed by atoms with Crippen LogP contribution in [0.1, 0.15) is 40.4 Å². The number of anilines is 3. The smallest absolute Gasteiger partial charge is 0.272 e. The Bertz CT molecular complexity index is 1630. The molecular weight excluding hydrogens is 568 g/mol. The zero-order valence-electron chi connectivity index (χ0n) is 25.7. The number of hydrogen-bond acceptors (Lipinski definition) is 5. The van der Waals surface area contributed by atoms with Crippen molar-refractivity contribution in [3.63, 3.8) is 0 Å². The molecule has 0 aliphatic rings. The van der Waals surface area contributed by atoms with Gasteiger partial charge in [0.15, 0.2) is 0 Å². The van der Waals surface area contributed by atoms with Gasteiger partial charge in [-0.25, -0.2) is 0 Å². The number of carbonyl (C=O) groups is 3. The summed E-state index contributed by atoms with van der Waals surface area (Å²) in [4.78, 5) is 42.5. The summed E-state index contributed by atoms with van der Waals surface area (Å²) >= 11 is 1.44. The van der Waals surface area contributed by atoms with Crippen molar-refractivity contribution in [2.75, 3.05) is 29.6 Å². The molecule has 4 rings (SSSR count). The molecule has 0 saturated carbocycles. The molecule has 226 valence electrons. The van der Waals surface area contributed by atoms with Gasteiger partial charge in [0.05, 0.1) is 5.25 Å². The third kappa shape index (κ3) is 9.09. The molecule has 0 aromatic heterocycles. The van der Waals surface area contributed by atoms with Crippen LogP contribution < -0.4 is 20.9 Å². The second kappa shape index (κ2) is 15.1. The van der Waals surface area contributed by atoms with Gasteiger partial charge in [0, 0.05) is 41.6 Å². The maximum atomic E-state index is 13.5. The van der Waals surface area contributed by atoms with Crippen molar-refractivity contribution in [2.24, 2.45) is 0 Å². The zero-order chi connectivity index (χ0) is 31.6. The van der Waals surface area contributed by atoms with E-state index in [1.54, 1.807) is 36.4 Å². The third-order valence-electron chi connectivity index (χ3n) is 6.77. The first kappa shape index (κ1) is 32.1. The topological polar surface area (TPSA) is 90.5 Å². The number of carbonyl (C=O) groups excluding carboxylic acids is 3. The van der Waals surface area contributed by atoms with Gasteiger partial charge in [-0.05, 0) is 97.6 Å². The lowest BCUT2D eigenvalue weighted by molar-refractivity contribution is -0.116. The molecule has 3 amide bonds. The van der Waals surface area contributed by atoms with E-state index in [-0.39, 0.29) is 22.8 Å². The van der Waals surface area contributed by atoms with Crippen molar-refractivity contribution >= 4 is 52.6 Å². The van der Waals surface area contributed by atoms with Gasteiger partial charge in [0.2, 0.25) is 5.91 Å². The van der Waals surface area contributed by atoms with Crippen molar-refractivity contribution in [3.05, 3.63) is 125 Å². The Hall–Kier alpha value is -4.82. The summed E-state index contributed by atoms with van der Waals surface area (Å²) in [5.74, 6) is -0.930. The largest absolute Gasteiger partial charge is 0.378 e. The fourth-order valence-electron chi connectivity index (χ4n) is 4.58. The van der Waals surface area contributed by atoms with Gasteiger partial charge >= 0.3 is 0 Å². The van der Waals surface area contributed by atoms with Crippen LogP contribution in [0.4, 0.5) is 17.1 Å². The van der Waals surface area contributed by atoms with E-state index in [1.807, 2.05) is 100 Å². The van der Waals surface area contributed by atoms with E-state index in [4.69, 9.17) is 0 Å². The van der Waals surface area contributed by atoms with Crippen molar-refractivity contribution in [1.29, 1.82) is 0 Å². The van der Waals surface area contributed by atoms with E-state index < -0.39 is 5.91 Å². The van der Waals surface area contributed by atoms with Gasteiger partial charge in [0.1, 0.15) is 5.70 Å². The molecule has 3 N–H and O–H groups in total. The predicted octanol–water partition coefficient (Wildman–Crippen LogP) is 7.29. The Morgan fingerprint density at radius 3 is 2.11 bits per heavy atom. The molecule has 0 aliphatic carbocycles. The van der Waals surface area contributed by atoms with Gasteiger partial charge in [-0.3, -0.25) is 14.4 Å². The molecular formula is C36H38N4O3S. The number of benzene rings is 4. The normalized spacial score (nSPS) is 11.8. The van der Waals surface area contributed by atoms with E-state index in [2.05, 4.69) is 22.0 Å². The minimum Gasteiger partial charge on any atom is -0.378 e. The molecule has 8 heteroatoms. The van der Waals surface area contributed by atoms with Crippen LogP contribution in [0, 0.1) is 13.8 Å². The van der Waals surface area contributed by atoms with Crippen LogP contribution in [0.25, 0.3) is 6.08 Å². The van der Waals surface area contributed by atoms with E-state index in [1.165, 1.54) is 11.8 Å². The quantitative estimate of drug-likeness (QED) is 0.123. The highest BCUT2D eigenvalue weighted by molar-refractivity contribution is 8.00. The summed E-state index contributed by atoms with van der Waals surface area (Å²) in [7, 11) is 3.91. The monoisotopic (exact) mass is 606 g/mol. The SMILES string of the molecule is CCC(Sc1cccc(NC(=O)/C(=C\c2ccc(N(C)C)cc2)NC(=O)c2ccccc2)c1)C(=O)Nc1cc(C)cc(C)c1. The first-order chi connectivity index (χ1) is 21.1. The number of rotatable bonds is 11. The van der Waals surface area contributed by atoms with E-state index in [9.17, 15) is 14.4 Å². The molecule has 0 heterocycles. The molecule has 0 fully saturated rings. The predicted molar refractivity (Wildman–Crippen MR) is 182 cm³/mol. The average Bonchev–Trinajstić information content (AvgIpc) is 2.99. The van der Waals surface area contributed by atoms with Crippen LogP contribution >= 0.6 is 11.8 Å². The molecule has 4 aromatic carbocycles. The van der Waals surface area contributed by atoms with E-state index >= 15 is 0 Å². The van der Waals surface area contributed by atoms with Gasteiger partial charge in [-0.2, -0.15) is 0 Å². The highest BCUT2D eigenvalue weighted by Crippen LogP contribution is 2.29. The number of hydrogen-bond donors (Lipinski definition) is 3. The molecule has 4 aromatic rings. The standard InChI is InChI=1S/C36H38N4O3S/c1-6-33(36(43)38-29-20-24(2)19-25(3)21-29)44-31-14-10-13-28(23-31)37-35(42)32(39-34(41)27-11-8-7-9-12-27)22-26-15-17-30(18-16-26)40(4)5/h7-23,33H,6H2,1-5H3,(H,37,42)(H,38,43)(H,39,41)/b32-22+. The van der Waals surface area contributed by atoms with Crippen molar-refractivity contribution in [3.8, 4) is 0 Å². The molecule has 44 heavy (non-hydrogen) atoms. The number of aryl methyl sites for hydroxylation is 2. The highest BCUT2D eigenvalue weighted by Gasteiger charge is 2.20. The summed E-state index contributed by atoms with van der Waals surface area (Å²) < 4.78 is 0. The molecule has 1 unspecified atom stereocenters. The summed E-state index contributed by atoms with van der Waals surface area (Å²) in [6, 6.07) is 29.8. The van der Waals surface area contributed by atoms with E-state index in [0.29, 0.717) is 17.7 Å². The summed E-state index contributed by atoms with van der Waals surface area (Å²) in [6.07, 6.45) is 2.28. The van der Waals surface area contributed by atoms with Crippen LogP contribution in [0.5, 0.6) is 0 Å². The summed E-state index contributed by atoms with van der Waals surface area (Å²) in [5, 5.41) is 8.42. The Kier molecular flexibility index (Phi) is 11.0. The lowest BCUT2D eigenvalue weighted by Gasteiger charge is -2.16. The Labute approximate surface area is 263 Å². The van der Waals surface area contributed by atoms with E-state index in [0.717, 1.165) is 33.0 Å². The lowest BCUT2D eigenvalue weighted by atomic mass is 10.1. The van der Waals surface area contributed by atoms with Gasteiger partial charge < -0.3 is 20.9 Å². The maximum absolute atomic E-state index is 13.5. The van der Waals surface area contributed by atoms with Gasteiger partial charge in [-0.15, -0.1) is 11.8 Å². The number of thioether (sulfide) groups is 1. The second-order valence-corrected chi connectivity index (χ2v) is 12.0. The second-order valence-electron chi connectivity index (χ2n) is 10.7. The Morgan fingerprint density at radius 2 is 1.48 bits per heavy atom. The van der Waals surface area contributed by atoms with Crippen molar-refractivity contribution in [2.45, 2.75) is 37.3 Å². The van der Waals surface area contributed by atoms with Crippen LogP contribution in [0.2, 0.25) is 0 Å². The maximum Gasteiger partial charge on any atom is 0.272 e. The third-order valence-corrected chi connectivity index (χ3v) is 8.13. The molecule has 0 spiro atoms. The summed E-state index contributed by atoms with van der Waals surface area (Å²) in [6.45, 7) is 5.98. The Balaban J connectivity index is 1.51. The highest BCUT2D eigenvalue weighted by atomic mass is 32.2. The van der Waals surface area contributed by atoms with Gasteiger partial charge in [-0.1, -0.05) is 49.4 Å². The lowest BCUT2D eigenvalue weighted by Crippen LogP contribution is -2.30. The summed E-state index contributed by atoms with van der Waals surface area (Å²) in [5.41, 5.74) is 5.83. The van der Waals surface area contributed by atoms with Gasteiger partial charge in [0.25, 0.3) is 11.8 Å². The molecule has 0 aliphatic heterocycles. The fraction of sp³-hybridized carbons (Fsp3) is 0.194. The molecule has 0 radical (unpaired) electrons. The minimum absolute atomic E-state index is 0.0777. The number of amides is 3. The number of nitrogens with one attached hydrogen (secondary N) is 3. The zero-order valence-corrected chi connectivity index (χ0v) is 26.5. The van der Waals surface area contributed by atoms with Crippen LogP contribution in [0.15, 0.2) is 108 Å². The molecule has 7 nitrogen and oxygen atoms in total. The number of nitrogens with zero attached hydrogens (tertiary/aromatic N) is 1. The van der Waals surface area contributed by atoms with Crippen LogP contribution in [-0.4, -0.2) is 37.1 Å². The minimum atomic E-state index is -0.465. The van der Waals surface area contributed by atoms with Crippen molar-refractivity contribution < 1.29 is 14.4 Å². The first-order valence-electron chi connectivity index (χ1n) is 14.4. The molecule has 1 atom stereocenters. The molecule has 0 bridgehead atoms.